The van der Waals surface area contributed by atoms with Gasteiger partial charge in [-0.15, -0.1) is 0 Å². The summed E-state index contributed by atoms with van der Waals surface area (Å²) in [6.45, 7) is 0. The monoisotopic (exact) mass is 234 g/mol. The highest BCUT2D eigenvalue weighted by Crippen LogP contribution is 2.35. The molecule has 2 aliphatic rings. The third-order valence-electron chi connectivity index (χ3n) is 3.26. The minimum Gasteiger partial charge on any atom is -0.369 e. The van der Waals surface area contributed by atoms with E-state index in [1.807, 2.05) is 11.9 Å². The molecule has 1 amide bonds. The van der Waals surface area contributed by atoms with Crippen molar-refractivity contribution in [1.82, 2.24) is 0 Å². The van der Waals surface area contributed by atoms with Crippen molar-refractivity contribution in [3.05, 3.63) is 23.5 Å². The second-order valence-electron chi connectivity index (χ2n) is 4.47. The molecule has 1 aromatic rings. The lowest BCUT2D eigenvalue weighted by Crippen LogP contribution is -2.20. The van der Waals surface area contributed by atoms with Crippen LogP contribution in [0.15, 0.2) is 12.1 Å². The topological polar surface area (TPSA) is 49.4 Å². The van der Waals surface area contributed by atoms with E-state index in [1.54, 1.807) is 0 Å². The summed E-state index contributed by atoms with van der Waals surface area (Å²) < 4.78 is 13.9. The number of Topliss-reactive ketones (excluding diaryl/α,β-unsaturated/α-hetero) is 1. The average Bonchev–Trinajstić information content (AvgIpc) is 3.09. The molecule has 1 aliphatic heterocycles. The van der Waals surface area contributed by atoms with Crippen LogP contribution in [0.25, 0.3) is 0 Å². The fraction of sp³-hybridized carbons (Fsp3) is 0.333. The predicted molar refractivity (Wildman–Crippen MR) is 60.8 cm³/mol. The first kappa shape index (κ1) is 10.3. The van der Waals surface area contributed by atoms with Gasteiger partial charge in [0.2, 0.25) is 0 Å². The van der Waals surface area contributed by atoms with Crippen molar-refractivity contribution < 1.29 is 14.0 Å². The van der Waals surface area contributed by atoms with E-state index < -0.39 is 17.5 Å². The highest BCUT2D eigenvalue weighted by atomic mass is 19.1. The number of hydrogen-bond donors (Lipinski definition) is 1. The van der Waals surface area contributed by atoms with Gasteiger partial charge in [0, 0.05) is 13.1 Å². The van der Waals surface area contributed by atoms with E-state index in [0.29, 0.717) is 17.4 Å². The second-order valence-corrected chi connectivity index (χ2v) is 4.47. The standard InChI is InChI=1S/C12H11FN2O2/c1-15(6-2-3-6)10-5-9-7(4-8(10)13)11(16)12(17)14-9/h4-6H,2-3H2,1H3,(H,14,16,17). The number of carbonyl (C=O) groups excluding carboxylic acids is 2. The van der Waals surface area contributed by atoms with Crippen LogP contribution < -0.4 is 10.2 Å². The van der Waals surface area contributed by atoms with Crippen molar-refractivity contribution in [1.29, 1.82) is 0 Å². The summed E-state index contributed by atoms with van der Waals surface area (Å²) in [4.78, 5) is 24.4. The van der Waals surface area contributed by atoms with Crippen molar-refractivity contribution in [2.45, 2.75) is 18.9 Å². The number of rotatable bonds is 2. The van der Waals surface area contributed by atoms with E-state index >= 15 is 0 Å². The van der Waals surface area contributed by atoms with Gasteiger partial charge in [-0.05, 0) is 25.0 Å². The molecule has 0 unspecified atom stereocenters. The van der Waals surface area contributed by atoms with Crippen LogP contribution in [0.4, 0.5) is 15.8 Å². The molecular formula is C12H11FN2O2. The summed E-state index contributed by atoms with van der Waals surface area (Å²) in [7, 11) is 1.82. The lowest BCUT2D eigenvalue weighted by Gasteiger charge is -2.19. The van der Waals surface area contributed by atoms with Gasteiger partial charge >= 0.3 is 0 Å². The van der Waals surface area contributed by atoms with Gasteiger partial charge in [-0.3, -0.25) is 9.59 Å². The Bertz CT molecular complexity index is 538. The van der Waals surface area contributed by atoms with Crippen LogP contribution in [-0.4, -0.2) is 24.8 Å². The molecule has 1 aliphatic carbocycles. The minimum absolute atomic E-state index is 0.125. The Morgan fingerprint density at radius 2 is 2.06 bits per heavy atom. The zero-order valence-electron chi connectivity index (χ0n) is 9.29. The Kier molecular flexibility index (Phi) is 1.98. The Balaban J connectivity index is 2.05. The van der Waals surface area contributed by atoms with E-state index in [4.69, 9.17) is 0 Å². The molecule has 1 N–H and O–H groups in total. The highest BCUT2D eigenvalue weighted by molar-refractivity contribution is 6.51. The average molecular weight is 234 g/mol. The lowest BCUT2D eigenvalue weighted by molar-refractivity contribution is -0.112. The number of halogens is 1. The Labute approximate surface area is 97.4 Å². The normalized spacial score (nSPS) is 18.0. The largest absolute Gasteiger partial charge is 0.369 e. The molecular weight excluding hydrogens is 223 g/mol. The van der Waals surface area contributed by atoms with Gasteiger partial charge in [0.25, 0.3) is 11.7 Å². The summed E-state index contributed by atoms with van der Waals surface area (Å²) >= 11 is 0. The Morgan fingerprint density at radius 1 is 1.35 bits per heavy atom. The zero-order valence-corrected chi connectivity index (χ0v) is 9.29. The van der Waals surface area contributed by atoms with Gasteiger partial charge in [0.1, 0.15) is 5.82 Å². The number of anilines is 2. The first-order chi connectivity index (χ1) is 8.08. The third kappa shape index (κ3) is 1.50. The molecule has 88 valence electrons. The van der Waals surface area contributed by atoms with E-state index in [9.17, 15) is 14.0 Å². The quantitative estimate of drug-likeness (QED) is 0.790. The number of nitrogens with zero attached hydrogens (tertiary/aromatic N) is 1. The molecule has 0 aromatic heterocycles. The Hall–Kier alpha value is -1.91. The first-order valence-electron chi connectivity index (χ1n) is 5.50. The van der Waals surface area contributed by atoms with Crippen molar-refractivity contribution in [3.63, 3.8) is 0 Å². The van der Waals surface area contributed by atoms with Crippen molar-refractivity contribution in [2.75, 3.05) is 17.3 Å². The fourth-order valence-electron chi connectivity index (χ4n) is 2.08. The molecule has 0 radical (unpaired) electrons. The number of amides is 1. The van der Waals surface area contributed by atoms with Crippen molar-refractivity contribution in [2.24, 2.45) is 0 Å². The maximum absolute atomic E-state index is 13.9. The van der Waals surface area contributed by atoms with Crippen LogP contribution in [0.1, 0.15) is 23.2 Å². The van der Waals surface area contributed by atoms with Crippen molar-refractivity contribution >= 4 is 23.1 Å². The van der Waals surface area contributed by atoms with E-state index in [0.717, 1.165) is 18.9 Å². The van der Waals surface area contributed by atoms with Crippen LogP contribution in [0.2, 0.25) is 0 Å². The molecule has 0 saturated heterocycles. The van der Waals surface area contributed by atoms with E-state index in [2.05, 4.69) is 5.32 Å². The molecule has 3 rings (SSSR count). The fourth-order valence-corrected chi connectivity index (χ4v) is 2.08. The second kappa shape index (κ2) is 3.29. The number of benzene rings is 1. The number of ketones is 1. The molecule has 1 saturated carbocycles. The minimum atomic E-state index is -0.689. The SMILES string of the molecule is CN(c1cc2c(cc1F)C(=O)C(=O)N2)C1CC1. The van der Waals surface area contributed by atoms with E-state index in [1.165, 1.54) is 6.07 Å². The smallest absolute Gasteiger partial charge is 0.296 e. The van der Waals surface area contributed by atoms with Gasteiger partial charge in [-0.2, -0.15) is 0 Å². The summed E-state index contributed by atoms with van der Waals surface area (Å²) in [6, 6.07) is 3.05. The van der Waals surface area contributed by atoms with Gasteiger partial charge in [0.05, 0.1) is 16.9 Å². The van der Waals surface area contributed by atoms with Gasteiger partial charge in [-0.1, -0.05) is 0 Å². The molecule has 17 heavy (non-hydrogen) atoms. The zero-order chi connectivity index (χ0) is 12.2. The number of fused-ring (bicyclic) bond motifs is 1. The van der Waals surface area contributed by atoms with Crippen LogP contribution in [0.5, 0.6) is 0 Å². The Morgan fingerprint density at radius 3 is 2.71 bits per heavy atom. The maximum Gasteiger partial charge on any atom is 0.296 e. The molecule has 0 bridgehead atoms. The summed E-state index contributed by atoms with van der Waals surface area (Å²) in [5.41, 5.74) is 0.964. The lowest BCUT2D eigenvalue weighted by atomic mass is 10.1. The van der Waals surface area contributed by atoms with Gasteiger partial charge in [-0.25, -0.2) is 4.39 Å². The summed E-state index contributed by atoms with van der Waals surface area (Å²) in [6.07, 6.45) is 2.11. The van der Waals surface area contributed by atoms with Gasteiger partial charge in [0.15, 0.2) is 0 Å². The number of hydrogen-bond acceptors (Lipinski definition) is 3. The van der Waals surface area contributed by atoms with Crippen molar-refractivity contribution in [3.8, 4) is 0 Å². The van der Waals surface area contributed by atoms with Gasteiger partial charge < -0.3 is 10.2 Å². The molecule has 0 spiro atoms. The molecule has 1 heterocycles. The van der Waals surface area contributed by atoms with Crippen LogP contribution in [-0.2, 0) is 4.79 Å². The van der Waals surface area contributed by atoms with E-state index in [-0.39, 0.29) is 5.56 Å². The third-order valence-corrected chi connectivity index (χ3v) is 3.26. The molecule has 0 atom stereocenters. The summed E-state index contributed by atoms with van der Waals surface area (Å²) in [5, 5.41) is 2.45. The molecule has 5 heteroatoms. The summed E-state index contributed by atoms with van der Waals surface area (Å²) in [5.74, 6) is -1.81. The molecule has 1 fully saturated rings. The predicted octanol–water partition coefficient (Wildman–Crippen LogP) is 1.56. The first-order valence-corrected chi connectivity index (χ1v) is 5.50. The maximum atomic E-state index is 13.9. The number of carbonyl (C=O) groups is 2. The van der Waals surface area contributed by atoms with Crippen LogP contribution in [0.3, 0.4) is 0 Å². The molecule has 1 aromatic carbocycles. The van der Waals surface area contributed by atoms with Crippen LogP contribution in [0, 0.1) is 5.82 Å². The number of nitrogens with one attached hydrogen (secondary N) is 1. The molecule has 4 nitrogen and oxygen atoms in total. The van der Waals surface area contributed by atoms with Crippen LogP contribution >= 0.6 is 0 Å². The highest BCUT2D eigenvalue weighted by Gasteiger charge is 2.32.